The van der Waals surface area contributed by atoms with Gasteiger partial charge in [-0.3, -0.25) is 19.7 Å². The highest BCUT2D eigenvalue weighted by Crippen LogP contribution is 2.21. The number of rotatable bonds is 3. The number of nitrogens with zero attached hydrogens (tertiary/aromatic N) is 4. The number of carbonyl (C=O) groups is 1. The Morgan fingerprint density at radius 2 is 2.23 bits per heavy atom. The highest BCUT2D eigenvalue weighted by molar-refractivity contribution is 5.73. The number of piperidine rings is 1. The fourth-order valence-electron chi connectivity index (χ4n) is 2.94. The fraction of sp³-hybridized carbons (Fsp3) is 0.412. The molecule has 3 heterocycles. The van der Waals surface area contributed by atoms with E-state index in [4.69, 9.17) is 0 Å². The second-order valence-corrected chi connectivity index (χ2v) is 5.81. The summed E-state index contributed by atoms with van der Waals surface area (Å²) in [6, 6.07) is 3.87. The van der Waals surface area contributed by atoms with Crippen molar-refractivity contribution in [1.82, 2.24) is 19.9 Å². The zero-order chi connectivity index (χ0) is 15.4. The molecule has 2 aromatic rings. The molecule has 1 atom stereocenters. The Balaban J connectivity index is 1.65. The Morgan fingerprint density at radius 1 is 1.32 bits per heavy atom. The van der Waals surface area contributed by atoms with Gasteiger partial charge in [0.05, 0.1) is 17.6 Å². The van der Waals surface area contributed by atoms with Gasteiger partial charge in [0.15, 0.2) is 0 Å². The molecule has 1 aliphatic rings. The summed E-state index contributed by atoms with van der Waals surface area (Å²) in [5, 5.41) is 0. The molecule has 0 bridgehead atoms. The van der Waals surface area contributed by atoms with E-state index in [1.165, 1.54) is 0 Å². The molecule has 5 heteroatoms. The van der Waals surface area contributed by atoms with Crippen molar-refractivity contribution in [2.45, 2.75) is 26.2 Å². The summed E-state index contributed by atoms with van der Waals surface area (Å²) < 4.78 is 0. The second kappa shape index (κ2) is 6.64. The Morgan fingerprint density at radius 3 is 2.91 bits per heavy atom. The molecule has 1 aliphatic heterocycles. The largest absolute Gasteiger partial charge is 0.343 e. The van der Waals surface area contributed by atoms with E-state index < -0.39 is 0 Å². The van der Waals surface area contributed by atoms with Gasteiger partial charge in [0, 0.05) is 44.2 Å². The van der Waals surface area contributed by atoms with Gasteiger partial charge in [-0.1, -0.05) is 0 Å². The van der Waals surface area contributed by atoms with E-state index in [1.54, 1.807) is 25.5 Å². The van der Waals surface area contributed by atoms with Crippen molar-refractivity contribution in [2.75, 3.05) is 13.1 Å². The van der Waals surface area contributed by atoms with Crippen molar-refractivity contribution in [3.05, 3.63) is 42.6 Å². The van der Waals surface area contributed by atoms with Crippen LogP contribution in [-0.4, -0.2) is 38.8 Å². The number of carbonyl (C=O) groups excluding carboxylic acids is 1. The molecule has 1 saturated heterocycles. The molecule has 1 amide bonds. The predicted octanol–water partition coefficient (Wildman–Crippen LogP) is 2.34. The van der Waals surface area contributed by atoms with E-state index in [1.807, 2.05) is 23.2 Å². The minimum atomic E-state index is 0.169. The summed E-state index contributed by atoms with van der Waals surface area (Å²) in [5.74, 6) is 0.652. The van der Waals surface area contributed by atoms with Gasteiger partial charge in [-0.25, -0.2) is 0 Å². The van der Waals surface area contributed by atoms with E-state index >= 15 is 0 Å². The molecule has 0 spiro atoms. The molecule has 0 aromatic carbocycles. The lowest BCUT2D eigenvalue weighted by atomic mass is 9.93. The SMILES string of the molecule is CC(=O)N1CCCC(Cc2cnc(-c3cccnc3)cn2)C1. The minimum absolute atomic E-state index is 0.169. The maximum Gasteiger partial charge on any atom is 0.219 e. The number of hydrogen-bond acceptors (Lipinski definition) is 4. The summed E-state index contributed by atoms with van der Waals surface area (Å²) in [7, 11) is 0. The van der Waals surface area contributed by atoms with Crippen LogP contribution in [0.5, 0.6) is 0 Å². The third kappa shape index (κ3) is 3.47. The molecule has 22 heavy (non-hydrogen) atoms. The van der Waals surface area contributed by atoms with Gasteiger partial charge in [0.2, 0.25) is 5.91 Å². The quantitative estimate of drug-likeness (QED) is 0.872. The fourth-order valence-corrected chi connectivity index (χ4v) is 2.94. The van der Waals surface area contributed by atoms with Crippen LogP contribution in [-0.2, 0) is 11.2 Å². The van der Waals surface area contributed by atoms with Crippen LogP contribution in [0.15, 0.2) is 36.9 Å². The lowest BCUT2D eigenvalue weighted by molar-refractivity contribution is -0.130. The van der Waals surface area contributed by atoms with Gasteiger partial charge in [-0.2, -0.15) is 0 Å². The maximum atomic E-state index is 11.5. The number of hydrogen-bond donors (Lipinski definition) is 0. The summed E-state index contributed by atoms with van der Waals surface area (Å²) in [6.45, 7) is 3.36. The average Bonchev–Trinajstić information content (AvgIpc) is 2.56. The summed E-state index contributed by atoms with van der Waals surface area (Å²) in [4.78, 5) is 26.5. The molecule has 5 nitrogen and oxygen atoms in total. The second-order valence-electron chi connectivity index (χ2n) is 5.81. The molecule has 0 N–H and O–H groups in total. The summed E-state index contributed by atoms with van der Waals surface area (Å²) in [5.41, 5.74) is 2.80. The first-order chi connectivity index (χ1) is 10.7. The van der Waals surface area contributed by atoms with E-state index in [9.17, 15) is 4.79 Å². The lowest BCUT2D eigenvalue weighted by Gasteiger charge is -2.31. The van der Waals surface area contributed by atoms with Crippen LogP contribution in [0.3, 0.4) is 0 Å². The Labute approximate surface area is 130 Å². The van der Waals surface area contributed by atoms with Crippen molar-refractivity contribution >= 4 is 5.91 Å². The van der Waals surface area contributed by atoms with Crippen LogP contribution in [0.25, 0.3) is 11.3 Å². The zero-order valence-electron chi connectivity index (χ0n) is 12.8. The van der Waals surface area contributed by atoms with Crippen molar-refractivity contribution in [2.24, 2.45) is 5.92 Å². The first kappa shape index (κ1) is 14.6. The molecule has 1 unspecified atom stereocenters. The molecular formula is C17H20N4O. The Hall–Kier alpha value is -2.30. The molecule has 114 valence electrons. The molecule has 0 aliphatic carbocycles. The summed E-state index contributed by atoms with van der Waals surface area (Å²) >= 11 is 0. The van der Waals surface area contributed by atoms with Crippen LogP contribution in [0, 0.1) is 5.92 Å². The molecule has 1 fully saturated rings. The number of pyridine rings is 1. The smallest absolute Gasteiger partial charge is 0.219 e. The van der Waals surface area contributed by atoms with Gasteiger partial charge < -0.3 is 4.90 Å². The van der Waals surface area contributed by atoms with E-state index in [-0.39, 0.29) is 5.91 Å². The standard InChI is InChI=1S/C17H20N4O/c1-13(22)21-7-3-4-14(12-21)8-16-10-20-17(11-19-16)15-5-2-6-18-9-15/h2,5-6,9-11,14H,3-4,7-8,12H2,1H3. The topological polar surface area (TPSA) is 59.0 Å². The van der Waals surface area contributed by atoms with Gasteiger partial charge in [0.25, 0.3) is 0 Å². The number of likely N-dealkylation sites (tertiary alicyclic amines) is 1. The van der Waals surface area contributed by atoms with E-state index in [0.717, 1.165) is 49.3 Å². The predicted molar refractivity (Wildman–Crippen MR) is 83.9 cm³/mol. The maximum absolute atomic E-state index is 11.5. The Kier molecular flexibility index (Phi) is 4.42. The number of aromatic nitrogens is 3. The van der Waals surface area contributed by atoms with E-state index in [0.29, 0.717) is 5.92 Å². The van der Waals surface area contributed by atoms with Crippen LogP contribution in [0.4, 0.5) is 0 Å². The summed E-state index contributed by atoms with van der Waals surface area (Å²) in [6.07, 6.45) is 10.3. The average molecular weight is 296 g/mol. The van der Waals surface area contributed by atoms with E-state index in [2.05, 4.69) is 15.0 Å². The molecule has 0 saturated carbocycles. The lowest BCUT2D eigenvalue weighted by Crippen LogP contribution is -2.39. The highest BCUT2D eigenvalue weighted by atomic mass is 16.2. The number of amides is 1. The van der Waals surface area contributed by atoms with Gasteiger partial charge in [-0.05, 0) is 37.3 Å². The van der Waals surface area contributed by atoms with Crippen LogP contribution < -0.4 is 0 Å². The van der Waals surface area contributed by atoms with Crippen molar-refractivity contribution < 1.29 is 4.79 Å². The van der Waals surface area contributed by atoms with Crippen LogP contribution >= 0.6 is 0 Å². The molecule has 3 rings (SSSR count). The van der Waals surface area contributed by atoms with Crippen LogP contribution in [0.2, 0.25) is 0 Å². The molecular weight excluding hydrogens is 276 g/mol. The zero-order valence-corrected chi connectivity index (χ0v) is 12.8. The van der Waals surface area contributed by atoms with Gasteiger partial charge in [-0.15, -0.1) is 0 Å². The van der Waals surface area contributed by atoms with Crippen LogP contribution in [0.1, 0.15) is 25.5 Å². The molecule has 0 radical (unpaired) electrons. The van der Waals surface area contributed by atoms with Crippen molar-refractivity contribution in [3.8, 4) is 11.3 Å². The first-order valence-electron chi connectivity index (χ1n) is 7.69. The third-order valence-corrected chi connectivity index (χ3v) is 4.12. The normalized spacial score (nSPS) is 18.2. The molecule has 2 aromatic heterocycles. The third-order valence-electron chi connectivity index (χ3n) is 4.12. The van der Waals surface area contributed by atoms with Crippen molar-refractivity contribution in [3.63, 3.8) is 0 Å². The van der Waals surface area contributed by atoms with Crippen molar-refractivity contribution in [1.29, 1.82) is 0 Å². The monoisotopic (exact) mass is 296 g/mol. The highest BCUT2D eigenvalue weighted by Gasteiger charge is 2.22. The minimum Gasteiger partial charge on any atom is -0.343 e. The van der Waals surface area contributed by atoms with Gasteiger partial charge >= 0.3 is 0 Å². The Bertz CT molecular complexity index is 627. The first-order valence-corrected chi connectivity index (χ1v) is 7.69. The van der Waals surface area contributed by atoms with Gasteiger partial charge in [0.1, 0.15) is 0 Å².